The molecule has 3 rings (SSSR count). The number of ether oxygens (including phenoxy) is 2. The fourth-order valence-corrected chi connectivity index (χ4v) is 3.48. The third kappa shape index (κ3) is 3.00. The molecule has 1 aliphatic heterocycles. The van der Waals surface area contributed by atoms with Gasteiger partial charge in [-0.25, -0.2) is 0 Å². The van der Waals surface area contributed by atoms with Crippen LogP contribution in [0.25, 0.3) is 0 Å². The summed E-state index contributed by atoms with van der Waals surface area (Å²) in [6.45, 7) is 8.30. The average Bonchev–Trinajstić information content (AvgIpc) is 3.00. The zero-order valence-corrected chi connectivity index (χ0v) is 13.7. The lowest BCUT2D eigenvalue weighted by Gasteiger charge is -2.22. The molecule has 2 aromatic rings. The zero-order chi connectivity index (χ0) is 15.0. The van der Waals surface area contributed by atoms with Crippen LogP contribution >= 0.6 is 11.3 Å². The standard InChI is InChI=1S/C17H21NO2S/c1-11(2)16(15-6-5-9-21-15)18-12-7-8-13-14(10-12)20-17(3,4)19-13/h5-11,16,18H,1-4H3. The van der Waals surface area contributed by atoms with Crippen molar-refractivity contribution in [2.45, 2.75) is 39.5 Å². The molecule has 1 N–H and O–H groups in total. The highest BCUT2D eigenvalue weighted by molar-refractivity contribution is 7.10. The molecule has 0 spiro atoms. The third-order valence-electron chi connectivity index (χ3n) is 3.49. The Morgan fingerprint density at radius 1 is 1.10 bits per heavy atom. The molecule has 21 heavy (non-hydrogen) atoms. The fraction of sp³-hybridized carbons (Fsp3) is 0.412. The lowest BCUT2D eigenvalue weighted by Crippen LogP contribution is -2.29. The Bertz CT molecular complexity index is 620. The largest absolute Gasteiger partial charge is 0.449 e. The Balaban J connectivity index is 1.82. The fourth-order valence-electron chi connectivity index (χ4n) is 2.53. The van der Waals surface area contributed by atoms with Gasteiger partial charge in [0.25, 0.3) is 0 Å². The van der Waals surface area contributed by atoms with Gasteiger partial charge in [-0.1, -0.05) is 19.9 Å². The van der Waals surface area contributed by atoms with Gasteiger partial charge < -0.3 is 14.8 Å². The van der Waals surface area contributed by atoms with Crippen LogP contribution < -0.4 is 14.8 Å². The summed E-state index contributed by atoms with van der Waals surface area (Å²) >= 11 is 1.79. The third-order valence-corrected chi connectivity index (χ3v) is 4.45. The number of thiophene rings is 1. The predicted molar refractivity (Wildman–Crippen MR) is 87.3 cm³/mol. The van der Waals surface area contributed by atoms with Crippen molar-refractivity contribution in [3.8, 4) is 11.5 Å². The first-order valence-corrected chi connectivity index (χ1v) is 8.14. The lowest BCUT2D eigenvalue weighted by atomic mass is 10.0. The maximum absolute atomic E-state index is 5.81. The molecule has 1 unspecified atom stereocenters. The minimum Gasteiger partial charge on any atom is -0.449 e. The Morgan fingerprint density at radius 3 is 2.52 bits per heavy atom. The number of benzene rings is 1. The van der Waals surface area contributed by atoms with Crippen LogP contribution in [0.2, 0.25) is 0 Å². The van der Waals surface area contributed by atoms with Gasteiger partial charge in [0.1, 0.15) is 0 Å². The van der Waals surface area contributed by atoms with Crippen molar-refractivity contribution in [1.82, 2.24) is 0 Å². The molecular formula is C17H21NO2S. The SMILES string of the molecule is CC(C)C(Nc1ccc2c(c1)OC(C)(C)O2)c1cccs1. The molecule has 1 atom stereocenters. The Labute approximate surface area is 129 Å². The molecule has 0 saturated carbocycles. The summed E-state index contributed by atoms with van der Waals surface area (Å²) in [6, 6.07) is 10.6. The minimum atomic E-state index is -0.577. The molecule has 0 saturated heterocycles. The van der Waals surface area contributed by atoms with E-state index in [4.69, 9.17) is 9.47 Å². The summed E-state index contributed by atoms with van der Waals surface area (Å²) in [4.78, 5) is 1.35. The molecule has 1 aromatic carbocycles. The zero-order valence-electron chi connectivity index (χ0n) is 12.8. The first-order chi connectivity index (χ1) is 9.94. The second-order valence-electron chi connectivity index (χ2n) is 6.15. The molecule has 0 bridgehead atoms. The number of fused-ring (bicyclic) bond motifs is 1. The van der Waals surface area contributed by atoms with Gasteiger partial charge >= 0.3 is 0 Å². The highest BCUT2D eigenvalue weighted by Crippen LogP contribution is 2.41. The first-order valence-electron chi connectivity index (χ1n) is 7.27. The molecule has 3 nitrogen and oxygen atoms in total. The minimum absolute atomic E-state index is 0.304. The Kier molecular flexibility index (Phi) is 3.57. The van der Waals surface area contributed by atoms with E-state index in [0.29, 0.717) is 12.0 Å². The number of nitrogens with one attached hydrogen (secondary N) is 1. The Hall–Kier alpha value is -1.68. The normalized spacial score (nSPS) is 17.0. The second-order valence-corrected chi connectivity index (χ2v) is 7.13. The first kappa shape index (κ1) is 14.3. The molecule has 0 fully saturated rings. The van der Waals surface area contributed by atoms with Crippen molar-refractivity contribution in [2.24, 2.45) is 5.92 Å². The van der Waals surface area contributed by atoms with Gasteiger partial charge in [0.2, 0.25) is 5.79 Å². The van der Waals surface area contributed by atoms with Gasteiger partial charge in [0.05, 0.1) is 6.04 Å². The summed E-state index contributed by atoms with van der Waals surface area (Å²) in [7, 11) is 0. The van der Waals surface area contributed by atoms with E-state index in [-0.39, 0.29) is 0 Å². The number of hydrogen-bond acceptors (Lipinski definition) is 4. The molecule has 1 aromatic heterocycles. The van der Waals surface area contributed by atoms with Gasteiger partial charge in [-0.3, -0.25) is 0 Å². The van der Waals surface area contributed by atoms with Crippen molar-refractivity contribution in [2.75, 3.05) is 5.32 Å². The molecule has 1 aliphatic rings. The van der Waals surface area contributed by atoms with Gasteiger partial charge in [-0.05, 0) is 29.5 Å². The van der Waals surface area contributed by atoms with Crippen molar-refractivity contribution in [3.63, 3.8) is 0 Å². The van der Waals surface area contributed by atoms with E-state index in [2.05, 4.69) is 36.7 Å². The smallest absolute Gasteiger partial charge is 0.246 e. The van der Waals surface area contributed by atoms with E-state index in [1.54, 1.807) is 11.3 Å². The van der Waals surface area contributed by atoms with Crippen LogP contribution in [0.3, 0.4) is 0 Å². The summed E-state index contributed by atoms with van der Waals surface area (Å²) in [5.41, 5.74) is 1.06. The molecule has 112 valence electrons. The summed E-state index contributed by atoms with van der Waals surface area (Å²) in [5, 5.41) is 5.73. The van der Waals surface area contributed by atoms with Crippen molar-refractivity contribution >= 4 is 17.0 Å². The molecule has 2 heterocycles. The van der Waals surface area contributed by atoms with E-state index < -0.39 is 5.79 Å². The number of anilines is 1. The van der Waals surface area contributed by atoms with Crippen molar-refractivity contribution < 1.29 is 9.47 Å². The lowest BCUT2D eigenvalue weighted by molar-refractivity contribution is -0.0431. The number of rotatable bonds is 4. The molecular weight excluding hydrogens is 282 g/mol. The van der Waals surface area contributed by atoms with E-state index in [9.17, 15) is 0 Å². The molecule has 0 aliphatic carbocycles. The Morgan fingerprint density at radius 2 is 1.86 bits per heavy atom. The van der Waals surface area contributed by atoms with Crippen LogP contribution in [0.5, 0.6) is 11.5 Å². The van der Waals surface area contributed by atoms with Crippen molar-refractivity contribution in [3.05, 3.63) is 40.6 Å². The van der Waals surface area contributed by atoms with Gasteiger partial charge in [-0.15, -0.1) is 11.3 Å². The summed E-state index contributed by atoms with van der Waals surface area (Å²) < 4.78 is 11.5. The second kappa shape index (κ2) is 5.26. The van der Waals surface area contributed by atoms with Crippen LogP contribution in [-0.4, -0.2) is 5.79 Å². The van der Waals surface area contributed by atoms with Crippen LogP contribution in [0, 0.1) is 5.92 Å². The topological polar surface area (TPSA) is 30.5 Å². The van der Waals surface area contributed by atoms with E-state index in [0.717, 1.165) is 17.2 Å². The maximum atomic E-state index is 5.81. The highest BCUT2D eigenvalue weighted by atomic mass is 32.1. The molecule has 0 amide bonds. The molecule has 4 heteroatoms. The summed E-state index contributed by atoms with van der Waals surface area (Å²) in [6.07, 6.45) is 0. The van der Waals surface area contributed by atoms with Crippen molar-refractivity contribution in [1.29, 1.82) is 0 Å². The van der Waals surface area contributed by atoms with Crippen LogP contribution in [0.4, 0.5) is 5.69 Å². The van der Waals surface area contributed by atoms with E-state index in [1.807, 2.05) is 32.0 Å². The van der Waals surface area contributed by atoms with E-state index >= 15 is 0 Å². The van der Waals surface area contributed by atoms with Gasteiger partial charge in [0.15, 0.2) is 11.5 Å². The highest BCUT2D eigenvalue weighted by Gasteiger charge is 2.31. The van der Waals surface area contributed by atoms with Gasteiger partial charge in [-0.2, -0.15) is 0 Å². The number of hydrogen-bond donors (Lipinski definition) is 1. The molecule has 0 radical (unpaired) electrons. The predicted octanol–water partition coefficient (Wildman–Crippen LogP) is 5.06. The van der Waals surface area contributed by atoms with Crippen LogP contribution in [0.1, 0.15) is 38.6 Å². The average molecular weight is 303 g/mol. The van der Waals surface area contributed by atoms with Crippen LogP contribution in [-0.2, 0) is 0 Å². The quantitative estimate of drug-likeness (QED) is 0.856. The van der Waals surface area contributed by atoms with Crippen LogP contribution in [0.15, 0.2) is 35.7 Å². The monoisotopic (exact) mass is 303 g/mol. The maximum Gasteiger partial charge on any atom is 0.246 e. The summed E-state index contributed by atoms with van der Waals surface area (Å²) in [5.74, 6) is 1.54. The van der Waals surface area contributed by atoms with E-state index in [1.165, 1.54) is 4.88 Å². The van der Waals surface area contributed by atoms with Gasteiger partial charge in [0, 0.05) is 30.5 Å².